The zero-order valence-electron chi connectivity index (χ0n) is 22.8. The Morgan fingerprint density at radius 3 is 2.67 bits per heavy atom. The Morgan fingerprint density at radius 1 is 1.10 bits per heavy atom. The van der Waals surface area contributed by atoms with Crippen LogP contribution in [-0.4, -0.2) is 61.0 Å². The first-order chi connectivity index (χ1) is 18.9. The monoisotopic (exact) mass is 523 g/mol. The molecule has 1 aromatic carbocycles. The molecule has 0 atom stereocenters. The van der Waals surface area contributed by atoms with Gasteiger partial charge in [0.25, 0.3) is 5.91 Å². The first kappa shape index (κ1) is 26.2. The summed E-state index contributed by atoms with van der Waals surface area (Å²) in [5, 5.41) is 7.38. The van der Waals surface area contributed by atoms with Crippen molar-refractivity contribution in [3.05, 3.63) is 77.3 Å². The Morgan fingerprint density at radius 2 is 1.92 bits per heavy atom. The van der Waals surface area contributed by atoms with Crippen LogP contribution >= 0.6 is 0 Å². The molecule has 3 aromatic heterocycles. The van der Waals surface area contributed by atoms with Crippen molar-refractivity contribution in [3.8, 4) is 16.9 Å². The molecular formula is C30H33N7O2. The van der Waals surface area contributed by atoms with Gasteiger partial charge >= 0.3 is 0 Å². The second-order valence-electron chi connectivity index (χ2n) is 9.73. The highest BCUT2D eigenvalue weighted by Crippen LogP contribution is 2.37. The highest BCUT2D eigenvalue weighted by Gasteiger charge is 2.26. The van der Waals surface area contributed by atoms with E-state index >= 15 is 0 Å². The van der Waals surface area contributed by atoms with Gasteiger partial charge in [0.1, 0.15) is 0 Å². The molecule has 200 valence electrons. The molecule has 0 spiro atoms. The first-order valence-electron chi connectivity index (χ1n) is 13.3. The average Bonchev–Trinajstić information content (AvgIpc) is 3.63. The van der Waals surface area contributed by atoms with Crippen molar-refractivity contribution in [2.45, 2.75) is 40.5 Å². The lowest BCUT2D eigenvalue weighted by atomic mass is 9.98. The minimum atomic E-state index is -0.170. The molecule has 9 nitrogen and oxygen atoms in total. The number of aryl methyl sites for hydroxylation is 1. The van der Waals surface area contributed by atoms with E-state index in [2.05, 4.69) is 44.1 Å². The lowest BCUT2D eigenvalue weighted by Gasteiger charge is -2.17. The smallest absolute Gasteiger partial charge is 0.256 e. The zero-order chi connectivity index (χ0) is 27.5. The number of H-pyrrole nitrogens is 1. The second-order valence-corrected chi connectivity index (χ2v) is 9.73. The van der Waals surface area contributed by atoms with Crippen molar-refractivity contribution in [1.82, 2.24) is 29.6 Å². The Labute approximate surface area is 228 Å². The topological polar surface area (TPSA) is 109 Å². The summed E-state index contributed by atoms with van der Waals surface area (Å²) < 4.78 is 1.67. The summed E-state index contributed by atoms with van der Waals surface area (Å²) in [5.41, 5.74) is 7.14. The standard InChI is InChI=1S/C30H33N7O2/c1-5-36(6-2)13-7-8-27(38)29-19(3)26(34-20(29)4)15-24-23-14-21(9-10-25(23)35-30(24)39)22-16-33-37(18-22)28-17-31-11-12-32-28/h9-12,14-18,34H,5-8,13H2,1-4H3,(H,35,39)/b24-15-. The molecule has 0 bridgehead atoms. The fourth-order valence-corrected chi connectivity index (χ4v) is 5.13. The average molecular weight is 524 g/mol. The molecule has 2 N–H and O–H groups in total. The Kier molecular flexibility index (Phi) is 7.51. The number of rotatable bonds is 10. The number of aromatic amines is 1. The van der Waals surface area contributed by atoms with E-state index in [-0.39, 0.29) is 11.7 Å². The predicted octanol–water partition coefficient (Wildman–Crippen LogP) is 5.07. The normalized spacial score (nSPS) is 13.8. The van der Waals surface area contributed by atoms with Crippen molar-refractivity contribution >= 4 is 29.0 Å². The van der Waals surface area contributed by atoms with E-state index in [1.54, 1.807) is 29.5 Å². The number of hydrogen-bond donors (Lipinski definition) is 2. The minimum Gasteiger partial charge on any atom is -0.358 e. The number of nitrogens with zero attached hydrogens (tertiary/aromatic N) is 5. The molecule has 0 unspecified atom stereocenters. The van der Waals surface area contributed by atoms with Crippen LogP contribution in [0.15, 0.2) is 49.2 Å². The molecule has 0 saturated heterocycles. The molecule has 1 amide bonds. The van der Waals surface area contributed by atoms with Gasteiger partial charge in [-0.15, -0.1) is 0 Å². The third kappa shape index (κ3) is 5.31. The summed E-state index contributed by atoms with van der Waals surface area (Å²) >= 11 is 0. The number of carbonyl (C=O) groups excluding carboxylic acids is 2. The van der Waals surface area contributed by atoms with Gasteiger partial charge in [-0.3, -0.25) is 14.6 Å². The molecule has 4 aromatic rings. The molecule has 9 heteroatoms. The summed E-state index contributed by atoms with van der Waals surface area (Å²) in [5.74, 6) is 0.589. The van der Waals surface area contributed by atoms with E-state index in [0.717, 1.165) is 70.9 Å². The lowest BCUT2D eigenvalue weighted by Crippen LogP contribution is -2.24. The van der Waals surface area contributed by atoms with Crippen molar-refractivity contribution in [2.75, 3.05) is 25.0 Å². The molecule has 4 heterocycles. The van der Waals surface area contributed by atoms with Gasteiger partial charge in [0.05, 0.1) is 18.0 Å². The molecule has 1 aliphatic heterocycles. The van der Waals surface area contributed by atoms with Crippen LogP contribution in [0.25, 0.3) is 28.6 Å². The van der Waals surface area contributed by atoms with Crippen LogP contribution in [0.3, 0.4) is 0 Å². The SMILES string of the molecule is CCN(CC)CCCC(=O)c1c(C)[nH]c(/C=C2\C(=O)Nc3ccc(-c4cnn(-c5cnccn5)c4)cc32)c1C. The van der Waals surface area contributed by atoms with Crippen LogP contribution in [0.5, 0.6) is 0 Å². The van der Waals surface area contributed by atoms with Crippen LogP contribution in [-0.2, 0) is 4.79 Å². The fourth-order valence-electron chi connectivity index (χ4n) is 5.13. The number of anilines is 1. The van der Waals surface area contributed by atoms with Gasteiger partial charge in [0, 0.05) is 58.8 Å². The van der Waals surface area contributed by atoms with Gasteiger partial charge in [-0.2, -0.15) is 5.10 Å². The van der Waals surface area contributed by atoms with Gasteiger partial charge in [-0.25, -0.2) is 9.67 Å². The van der Waals surface area contributed by atoms with Crippen LogP contribution < -0.4 is 5.32 Å². The van der Waals surface area contributed by atoms with E-state index in [1.165, 1.54) is 0 Å². The molecule has 1 aliphatic rings. The van der Waals surface area contributed by atoms with Crippen LogP contribution in [0.1, 0.15) is 59.6 Å². The van der Waals surface area contributed by atoms with Crippen LogP contribution in [0.4, 0.5) is 5.69 Å². The molecule has 0 fully saturated rings. The largest absolute Gasteiger partial charge is 0.358 e. The predicted molar refractivity (Wildman–Crippen MR) is 153 cm³/mol. The third-order valence-corrected chi connectivity index (χ3v) is 7.32. The maximum absolute atomic E-state index is 13.1. The van der Waals surface area contributed by atoms with Gasteiger partial charge in [-0.05, 0) is 69.2 Å². The number of ketones is 1. The maximum Gasteiger partial charge on any atom is 0.256 e. The Bertz CT molecular complexity index is 1540. The number of nitrogens with one attached hydrogen (secondary N) is 2. The molecule has 39 heavy (non-hydrogen) atoms. The zero-order valence-corrected chi connectivity index (χ0v) is 22.8. The number of amides is 1. The first-order valence-corrected chi connectivity index (χ1v) is 13.3. The number of aromatic nitrogens is 5. The number of carbonyl (C=O) groups is 2. The quantitative estimate of drug-likeness (QED) is 0.222. The molecular weight excluding hydrogens is 490 g/mol. The summed E-state index contributed by atoms with van der Waals surface area (Å²) in [6.45, 7) is 11.0. The third-order valence-electron chi connectivity index (χ3n) is 7.32. The van der Waals surface area contributed by atoms with Gasteiger partial charge in [0.2, 0.25) is 0 Å². The summed E-state index contributed by atoms with van der Waals surface area (Å²) in [7, 11) is 0. The van der Waals surface area contributed by atoms with E-state index in [1.807, 2.05) is 44.3 Å². The summed E-state index contributed by atoms with van der Waals surface area (Å²) in [6, 6.07) is 5.85. The second kappa shape index (κ2) is 11.2. The van der Waals surface area contributed by atoms with Gasteiger partial charge in [-0.1, -0.05) is 19.9 Å². The van der Waals surface area contributed by atoms with Gasteiger partial charge < -0.3 is 15.2 Å². The minimum absolute atomic E-state index is 0.136. The molecule has 5 rings (SSSR count). The number of fused-ring (bicyclic) bond motifs is 1. The molecule has 0 aliphatic carbocycles. The Hall–Kier alpha value is -4.37. The number of benzene rings is 1. The maximum atomic E-state index is 13.1. The highest BCUT2D eigenvalue weighted by molar-refractivity contribution is 6.35. The van der Waals surface area contributed by atoms with Crippen molar-refractivity contribution < 1.29 is 9.59 Å². The van der Waals surface area contributed by atoms with Crippen LogP contribution in [0, 0.1) is 13.8 Å². The van der Waals surface area contributed by atoms with Crippen molar-refractivity contribution in [3.63, 3.8) is 0 Å². The Balaban J connectivity index is 1.41. The molecule has 0 saturated carbocycles. The van der Waals surface area contributed by atoms with E-state index in [9.17, 15) is 9.59 Å². The summed E-state index contributed by atoms with van der Waals surface area (Å²) in [4.78, 5) is 40.1. The number of hydrogen-bond acceptors (Lipinski definition) is 6. The summed E-state index contributed by atoms with van der Waals surface area (Å²) in [6.07, 6.45) is 11.7. The van der Waals surface area contributed by atoms with Crippen molar-refractivity contribution in [2.24, 2.45) is 0 Å². The fraction of sp³-hybridized carbons (Fsp3) is 0.300. The van der Waals surface area contributed by atoms with Crippen molar-refractivity contribution in [1.29, 1.82) is 0 Å². The lowest BCUT2D eigenvalue weighted by molar-refractivity contribution is -0.110. The van der Waals surface area contributed by atoms with E-state index in [0.29, 0.717) is 17.8 Å². The van der Waals surface area contributed by atoms with E-state index in [4.69, 9.17) is 0 Å². The number of Topliss-reactive ketones (excluding diaryl/α,β-unsaturated/α-hetero) is 1. The van der Waals surface area contributed by atoms with Crippen LogP contribution in [0.2, 0.25) is 0 Å². The molecule has 0 radical (unpaired) electrons. The van der Waals surface area contributed by atoms with Gasteiger partial charge in [0.15, 0.2) is 11.6 Å². The highest BCUT2D eigenvalue weighted by atomic mass is 16.2. The van der Waals surface area contributed by atoms with E-state index < -0.39 is 0 Å².